The van der Waals surface area contributed by atoms with Gasteiger partial charge in [0.05, 0.1) is 5.48 Å². The Morgan fingerprint density at radius 3 is 2.48 bits per heavy atom. The fourth-order valence-corrected chi connectivity index (χ4v) is 3.39. The maximum absolute atomic E-state index is 13.6. The zero-order valence-electron chi connectivity index (χ0n) is 21.9. The Hall–Kier alpha value is -1.94. The number of hydrogen-bond donors (Lipinski definition) is 1. The second-order valence-corrected chi connectivity index (χ2v) is 6.31. The Labute approximate surface area is 160 Å². The van der Waals surface area contributed by atoms with Crippen molar-refractivity contribution in [2.75, 3.05) is 30.9 Å². The van der Waals surface area contributed by atoms with Crippen LogP contribution in [0.1, 0.15) is 47.9 Å². The van der Waals surface area contributed by atoms with Gasteiger partial charge in [0.15, 0.2) is 0 Å². The van der Waals surface area contributed by atoms with Crippen LogP contribution in [0.5, 0.6) is 0 Å². The molecule has 0 atom stereocenters. The van der Waals surface area contributed by atoms with E-state index in [1.165, 1.54) is 18.2 Å². The van der Waals surface area contributed by atoms with Gasteiger partial charge in [0.2, 0.25) is 0 Å². The van der Waals surface area contributed by atoms with E-state index >= 15 is 0 Å². The molecule has 132 valence electrons. The lowest BCUT2D eigenvalue weighted by atomic mass is 9.90. The van der Waals surface area contributed by atoms with Crippen molar-refractivity contribution in [2.45, 2.75) is 38.5 Å². The highest BCUT2D eigenvalue weighted by Crippen LogP contribution is 2.33. The molecule has 2 aliphatic rings. The molecule has 1 saturated heterocycles. The summed E-state index contributed by atoms with van der Waals surface area (Å²) in [4.78, 5) is 5.05. The van der Waals surface area contributed by atoms with Gasteiger partial charge < -0.3 is 10.2 Å². The van der Waals surface area contributed by atoms with Crippen LogP contribution in [0.4, 0.5) is 10.2 Å². The van der Waals surface area contributed by atoms with E-state index in [-0.39, 0.29) is 5.82 Å². The van der Waals surface area contributed by atoms with Gasteiger partial charge in [0.1, 0.15) is 11.6 Å². The van der Waals surface area contributed by atoms with Crippen LogP contribution in [-0.4, -0.2) is 31.0 Å². The normalized spacial score (nSPS) is 31.2. The molecule has 0 saturated carbocycles. The maximum Gasteiger partial charge on any atom is 0.129 e. The lowest BCUT2D eigenvalue weighted by Crippen LogP contribution is -2.44. The van der Waals surface area contributed by atoms with Crippen molar-refractivity contribution in [2.24, 2.45) is 0 Å². The standard InChI is InChI=1S/C21H26FN3/c22-17-9-7-16(8-10-17)19-15-21(25-13-11-23-12-14-25)24-20-6-4-2-1-3-5-18(19)20/h7-10,15,23H,1-6,11-14H2/i11D2,12D2,13D2,14D2. The van der Waals surface area contributed by atoms with Crippen LogP contribution in [-0.2, 0) is 12.8 Å². The van der Waals surface area contributed by atoms with Crippen LogP contribution < -0.4 is 10.2 Å². The monoisotopic (exact) mass is 347 g/mol. The SMILES string of the molecule is [2H]C1([2H])NC([2H])([2H])C([2H])([2H])N(c2cc(-c3ccc(F)cc3)c3c(n2)CCCCCC3)C1([2H])[2H]. The summed E-state index contributed by atoms with van der Waals surface area (Å²) in [5.74, 6) is -0.606. The molecule has 1 fully saturated rings. The Balaban J connectivity index is 1.97. The highest BCUT2D eigenvalue weighted by molar-refractivity contribution is 5.71. The minimum Gasteiger partial charge on any atom is -0.354 e. The summed E-state index contributed by atoms with van der Waals surface area (Å²) in [5, 5.41) is 1.85. The zero-order valence-corrected chi connectivity index (χ0v) is 13.9. The van der Waals surface area contributed by atoms with Crippen molar-refractivity contribution >= 4 is 5.82 Å². The molecule has 25 heavy (non-hydrogen) atoms. The fraction of sp³-hybridized carbons (Fsp3) is 0.476. The van der Waals surface area contributed by atoms with E-state index in [4.69, 9.17) is 11.0 Å². The highest BCUT2D eigenvalue weighted by Gasteiger charge is 2.19. The van der Waals surface area contributed by atoms with E-state index in [2.05, 4.69) is 4.98 Å². The molecule has 1 aromatic carbocycles. The number of nitrogens with one attached hydrogen (secondary N) is 1. The van der Waals surface area contributed by atoms with Crippen LogP contribution in [0, 0.1) is 5.82 Å². The quantitative estimate of drug-likeness (QED) is 0.891. The van der Waals surface area contributed by atoms with Gasteiger partial charge >= 0.3 is 0 Å². The van der Waals surface area contributed by atoms with E-state index in [1.54, 1.807) is 12.1 Å². The van der Waals surface area contributed by atoms with Crippen LogP contribution >= 0.6 is 0 Å². The first-order valence-electron chi connectivity index (χ1n) is 12.7. The highest BCUT2D eigenvalue weighted by atomic mass is 19.1. The second-order valence-electron chi connectivity index (χ2n) is 6.31. The molecule has 1 aromatic heterocycles. The van der Waals surface area contributed by atoms with Gasteiger partial charge in [-0.1, -0.05) is 25.0 Å². The lowest BCUT2D eigenvalue weighted by Gasteiger charge is -2.30. The van der Waals surface area contributed by atoms with Crippen molar-refractivity contribution in [3.05, 3.63) is 47.4 Å². The molecule has 0 amide bonds. The first kappa shape index (κ1) is 9.67. The topological polar surface area (TPSA) is 28.2 Å². The third-order valence-electron chi connectivity index (χ3n) is 4.63. The lowest BCUT2D eigenvalue weighted by molar-refractivity contribution is 0.580. The molecule has 2 heterocycles. The Morgan fingerprint density at radius 2 is 1.72 bits per heavy atom. The summed E-state index contributed by atoms with van der Waals surface area (Å²) in [6.07, 6.45) is 5.09. The van der Waals surface area contributed by atoms with E-state index < -0.39 is 31.8 Å². The summed E-state index contributed by atoms with van der Waals surface area (Å²) in [6, 6.07) is 7.28. The molecule has 4 heteroatoms. The van der Waals surface area contributed by atoms with Crippen molar-refractivity contribution in [1.29, 1.82) is 0 Å². The third kappa shape index (κ3) is 3.69. The number of pyridine rings is 1. The molecule has 1 aliphatic heterocycles. The number of fused-ring (bicyclic) bond motifs is 1. The number of piperazine rings is 1. The number of hydrogen-bond acceptors (Lipinski definition) is 3. The summed E-state index contributed by atoms with van der Waals surface area (Å²) < 4.78 is 79.7. The fourth-order valence-electron chi connectivity index (χ4n) is 3.39. The van der Waals surface area contributed by atoms with E-state index in [0.29, 0.717) is 34.6 Å². The third-order valence-corrected chi connectivity index (χ3v) is 4.63. The van der Waals surface area contributed by atoms with Crippen LogP contribution in [0.3, 0.4) is 0 Å². The van der Waals surface area contributed by atoms with Crippen LogP contribution in [0.15, 0.2) is 30.3 Å². The Bertz CT molecular complexity index is 1020. The zero-order chi connectivity index (χ0) is 24.2. The van der Waals surface area contributed by atoms with E-state index in [1.807, 2.05) is 5.32 Å². The van der Waals surface area contributed by atoms with Crippen molar-refractivity contribution < 1.29 is 15.4 Å². The summed E-state index contributed by atoms with van der Waals surface area (Å²) in [6.45, 7) is -11.8. The van der Waals surface area contributed by atoms with Gasteiger partial charge in [-0.05, 0) is 60.6 Å². The minimum absolute atomic E-state index is 0.196. The average Bonchev–Trinajstić information content (AvgIpc) is 2.67. The summed E-state index contributed by atoms with van der Waals surface area (Å²) in [5.41, 5.74) is 2.87. The predicted molar refractivity (Wildman–Crippen MR) is 101 cm³/mol. The Morgan fingerprint density at radius 1 is 1.00 bits per heavy atom. The van der Waals surface area contributed by atoms with Gasteiger partial charge in [-0.2, -0.15) is 0 Å². The number of rotatable bonds is 2. The number of anilines is 1. The first-order chi connectivity index (χ1) is 15.3. The van der Waals surface area contributed by atoms with Crippen molar-refractivity contribution in [3.8, 4) is 11.1 Å². The molecular weight excluding hydrogens is 313 g/mol. The largest absolute Gasteiger partial charge is 0.354 e. The molecule has 1 N–H and O–H groups in total. The molecule has 0 radical (unpaired) electrons. The van der Waals surface area contributed by atoms with Crippen LogP contribution in [0.2, 0.25) is 0 Å². The van der Waals surface area contributed by atoms with Gasteiger partial charge in [-0.15, -0.1) is 0 Å². The minimum atomic E-state index is -2.97. The van der Waals surface area contributed by atoms with E-state index in [9.17, 15) is 4.39 Å². The number of halogens is 1. The molecule has 0 spiro atoms. The second kappa shape index (κ2) is 7.52. The van der Waals surface area contributed by atoms with Crippen molar-refractivity contribution in [3.63, 3.8) is 0 Å². The summed E-state index contributed by atoms with van der Waals surface area (Å²) in [7, 11) is 0. The molecule has 3 nitrogen and oxygen atoms in total. The number of benzene rings is 1. The predicted octanol–water partition coefficient (Wildman–Crippen LogP) is 3.96. The van der Waals surface area contributed by atoms with Gasteiger partial charge in [-0.3, -0.25) is 0 Å². The molecule has 4 rings (SSSR count). The van der Waals surface area contributed by atoms with Crippen LogP contribution in [0.25, 0.3) is 11.1 Å². The average molecular weight is 348 g/mol. The summed E-state index contributed by atoms with van der Waals surface area (Å²) >= 11 is 0. The van der Waals surface area contributed by atoms with Gasteiger partial charge in [-0.25, -0.2) is 9.37 Å². The number of aromatic nitrogens is 1. The molecule has 0 unspecified atom stereocenters. The van der Waals surface area contributed by atoms with Gasteiger partial charge in [0, 0.05) is 37.2 Å². The molecule has 0 bridgehead atoms. The Kier molecular flexibility index (Phi) is 2.91. The molecular formula is C21H26FN3. The number of aryl methyl sites for hydroxylation is 1. The van der Waals surface area contributed by atoms with Crippen molar-refractivity contribution in [1.82, 2.24) is 10.3 Å². The smallest absolute Gasteiger partial charge is 0.129 e. The first-order valence-corrected chi connectivity index (χ1v) is 8.66. The molecule has 1 aliphatic carbocycles. The van der Waals surface area contributed by atoms with E-state index in [0.717, 1.165) is 31.2 Å². The number of nitrogens with zero attached hydrogens (tertiary/aromatic N) is 2. The molecule has 2 aromatic rings. The maximum atomic E-state index is 13.6. The van der Waals surface area contributed by atoms with Gasteiger partial charge in [0.25, 0.3) is 0 Å².